The number of benzene rings is 2. The van der Waals surface area contributed by atoms with Crippen molar-refractivity contribution in [3.63, 3.8) is 0 Å². The molecule has 180 valence electrons. The molecule has 0 aliphatic heterocycles. The quantitative estimate of drug-likeness (QED) is 0.217. The number of aromatic amines is 1. The number of ether oxygens (including phenoxy) is 1. The lowest BCUT2D eigenvalue weighted by Crippen LogP contribution is -2.12. The van der Waals surface area contributed by atoms with Crippen LogP contribution in [0.5, 0.6) is 17.2 Å². The average Bonchev–Trinajstić information content (AvgIpc) is 3.35. The number of ketones is 2. The van der Waals surface area contributed by atoms with Gasteiger partial charge in [-0.1, -0.05) is 24.6 Å². The van der Waals surface area contributed by atoms with E-state index in [1.165, 1.54) is 7.11 Å². The molecule has 0 unspecified atom stereocenters. The predicted molar refractivity (Wildman–Crippen MR) is 131 cm³/mol. The van der Waals surface area contributed by atoms with Crippen LogP contribution in [0.3, 0.4) is 0 Å². The Morgan fingerprint density at radius 3 is 2.53 bits per heavy atom. The number of hydrogen-bond donors (Lipinski definition) is 3. The van der Waals surface area contributed by atoms with Crippen molar-refractivity contribution in [1.82, 2.24) is 4.98 Å². The second-order valence-corrected chi connectivity index (χ2v) is 8.72. The first-order chi connectivity index (χ1) is 16.4. The number of aromatic hydroxyl groups is 2. The average molecular weight is 464 g/mol. The standard InChI is InChI=1S/C28H33NO5/c1-34-28-16-21(10-12-27(28)33)9-11-25(31)18-26(32)17-22(23-13-14-29-19-23)7-3-2-5-20-6-4-8-24(30)15-20/h4,6,8,10,12-16,19,22,29-30,33H,2-3,5,7,9,11,17-18H2,1H3/t22-/m0/s1. The summed E-state index contributed by atoms with van der Waals surface area (Å²) in [6.07, 6.45) is 8.51. The van der Waals surface area contributed by atoms with Gasteiger partial charge in [-0.15, -0.1) is 0 Å². The molecule has 1 atom stereocenters. The second-order valence-electron chi connectivity index (χ2n) is 8.72. The largest absolute Gasteiger partial charge is 0.508 e. The lowest BCUT2D eigenvalue weighted by molar-refractivity contribution is -0.127. The summed E-state index contributed by atoms with van der Waals surface area (Å²) < 4.78 is 5.10. The van der Waals surface area contributed by atoms with Crippen LogP contribution in [0, 0.1) is 0 Å². The van der Waals surface area contributed by atoms with E-state index < -0.39 is 0 Å². The van der Waals surface area contributed by atoms with Crippen LogP contribution in [-0.2, 0) is 22.4 Å². The Morgan fingerprint density at radius 2 is 1.79 bits per heavy atom. The van der Waals surface area contributed by atoms with E-state index in [9.17, 15) is 19.8 Å². The number of rotatable bonds is 14. The van der Waals surface area contributed by atoms with Gasteiger partial charge in [0.05, 0.1) is 13.5 Å². The molecule has 3 aromatic rings. The van der Waals surface area contributed by atoms with E-state index in [2.05, 4.69) is 4.98 Å². The van der Waals surface area contributed by atoms with Gasteiger partial charge < -0.3 is 19.9 Å². The molecule has 0 saturated carbocycles. The van der Waals surface area contributed by atoms with Crippen LogP contribution in [0.4, 0.5) is 0 Å². The summed E-state index contributed by atoms with van der Waals surface area (Å²) in [5.74, 6) is 0.686. The summed E-state index contributed by atoms with van der Waals surface area (Å²) in [6, 6.07) is 14.3. The van der Waals surface area contributed by atoms with Gasteiger partial charge in [-0.3, -0.25) is 9.59 Å². The Balaban J connectivity index is 1.46. The number of H-pyrrole nitrogens is 1. The summed E-state index contributed by atoms with van der Waals surface area (Å²) in [4.78, 5) is 28.2. The van der Waals surface area contributed by atoms with E-state index in [-0.39, 0.29) is 41.8 Å². The van der Waals surface area contributed by atoms with Crippen molar-refractivity contribution in [2.45, 2.75) is 57.3 Å². The molecule has 0 amide bonds. The van der Waals surface area contributed by atoms with Gasteiger partial charge in [-0.25, -0.2) is 0 Å². The molecule has 0 aliphatic carbocycles. The van der Waals surface area contributed by atoms with Crippen LogP contribution < -0.4 is 4.74 Å². The van der Waals surface area contributed by atoms with E-state index in [1.54, 1.807) is 30.3 Å². The van der Waals surface area contributed by atoms with E-state index >= 15 is 0 Å². The Morgan fingerprint density at radius 1 is 0.971 bits per heavy atom. The minimum Gasteiger partial charge on any atom is -0.508 e. The molecule has 0 fully saturated rings. The number of phenols is 2. The molecule has 1 aromatic heterocycles. The van der Waals surface area contributed by atoms with Crippen LogP contribution in [0.2, 0.25) is 0 Å². The van der Waals surface area contributed by atoms with Crippen LogP contribution in [-0.4, -0.2) is 33.9 Å². The molecule has 1 heterocycles. The highest BCUT2D eigenvalue weighted by molar-refractivity contribution is 5.99. The third kappa shape index (κ3) is 7.80. The minimum absolute atomic E-state index is 0.0348. The molecule has 0 bridgehead atoms. The fourth-order valence-corrected chi connectivity index (χ4v) is 4.23. The fraction of sp³-hybridized carbons (Fsp3) is 0.357. The fourth-order valence-electron chi connectivity index (χ4n) is 4.23. The van der Waals surface area contributed by atoms with Gasteiger partial charge in [0.25, 0.3) is 0 Å². The van der Waals surface area contributed by atoms with Gasteiger partial charge in [-0.05, 0) is 78.6 Å². The highest BCUT2D eigenvalue weighted by Crippen LogP contribution is 2.28. The van der Waals surface area contributed by atoms with Gasteiger partial charge >= 0.3 is 0 Å². The topological polar surface area (TPSA) is 99.6 Å². The molecule has 0 saturated heterocycles. The van der Waals surface area contributed by atoms with Gasteiger partial charge in [0.15, 0.2) is 11.5 Å². The number of methoxy groups -OCH3 is 1. The van der Waals surface area contributed by atoms with Gasteiger partial charge in [-0.2, -0.15) is 0 Å². The molecule has 6 nitrogen and oxygen atoms in total. The molecular weight excluding hydrogens is 430 g/mol. The van der Waals surface area contributed by atoms with Crippen molar-refractivity contribution in [1.29, 1.82) is 0 Å². The Labute approximate surface area is 200 Å². The first kappa shape index (κ1) is 25.1. The number of aryl methyl sites for hydroxylation is 2. The van der Waals surface area contributed by atoms with Crippen molar-refractivity contribution in [3.8, 4) is 17.2 Å². The van der Waals surface area contributed by atoms with Crippen molar-refractivity contribution < 1.29 is 24.5 Å². The predicted octanol–water partition coefficient (Wildman–Crippen LogP) is 5.48. The van der Waals surface area contributed by atoms with E-state index in [0.29, 0.717) is 18.6 Å². The second kappa shape index (κ2) is 12.6. The van der Waals surface area contributed by atoms with Crippen molar-refractivity contribution in [2.24, 2.45) is 0 Å². The maximum absolute atomic E-state index is 12.7. The molecule has 0 radical (unpaired) electrons. The zero-order valence-corrected chi connectivity index (χ0v) is 19.6. The molecule has 3 rings (SSSR count). The van der Waals surface area contributed by atoms with Crippen LogP contribution in [0.15, 0.2) is 60.9 Å². The molecule has 34 heavy (non-hydrogen) atoms. The normalized spacial score (nSPS) is 11.8. The minimum atomic E-state index is -0.0752. The number of hydrogen-bond acceptors (Lipinski definition) is 5. The zero-order chi connectivity index (χ0) is 24.3. The van der Waals surface area contributed by atoms with E-state index in [0.717, 1.165) is 42.4 Å². The number of carbonyl (C=O) groups excluding carboxylic acids is 2. The Hall–Kier alpha value is -3.54. The summed E-state index contributed by atoms with van der Waals surface area (Å²) in [5, 5.41) is 19.3. The van der Waals surface area contributed by atoms with Crippen molar-refractivity contribution in [3.05, 3.63) is 77.6 Å². The van der Waals surface area contributed by atoms with Gasteiger partial charge in [0.1, 0.15) is 17.3 Å². The Kier molecular flexibility index (Phi) is 9.32. The maximum Gasteiger partial charge on any atom is 0.160 e. The third-order valence-corrected chi connectivity index (χ3v) is 6.08. The molecular formula is C28H33NO5. The molecule has 6 heteroatoms. The zero-order valence-electron chi connectivity index (χ0n) is 19.6. The smallest absolute Gasteiger partial charge is 0.160 e. The number of unbranched alkanes of at least 4 members (excludes halogenated alkanes) is 1. The van der Waals surface area contributed by atoms with Crippen molar-refractivity contribution >= 4 is 11.6 Å². The number of carbonyl (C=O) groups is 2. The summed E-state index contributed by atoms with van der Waals surface area (Å²) in [6.45, 7) is 0. The molecule has 3 N–H and O–H groups in total. The SMILES string of the molecule is COc1cc(CCC(=O)CC(=O)C[C@H](CCCCc2cccc(O)c2)c2cc[nH]c2)ccc1O. The van der Waals surface area contributed by atoms with Crippen LogP contribution >= 0.6 is 0 Å². The van der Waals surface area contributed by atoms with E-state index in [1.807, 2.05) is 30.6 Å². The van der Waals surface area contributed by atoms with Gasteiger partial charge in [0, 0.05) is 25.2 Å². The van der Waals surface area contributed by atoms with Crippen LogP contribution in [0.1, 0.15) is 61.1 Å². The number of nitrogens with one attached hydrogen (secondary N) is 1. The van der Waals surface area contributed by atoms with Crippen molar-refractivity contribution in [2.75, 3.05) is 7.11 Å². The molecule has 0 aliphatic rings. The lowest BCUT2D eigenvalue weighted by atomic mass is 9.88. The van der Waals surface area contributed by atoms with E-state index in [4.69, 9.17) is 4.74 Å². The molecule has 0 spiro atoms. The Bertz CT molecular complexity index is 1070. The summed E-state index contributed by atoms with van der Waals surface area (Å²) in [5.41, 5.74) is 3.08. The number of Topliss-reactive ketones (excluding diaryl/α,β-unsaturated/α-hetero) is 2. The highest BCUT2D eigenvalue weighted by atomic mass is 16.5. The first-order valence-electron chi connectivity index (χ1n) is 11.7. The highest BCUT2D eigenvalue weighted by Gasteiger charge is 2.19. The van der Waals surface area contributed by atoms with Crippen LogP contribution in [0.25, 0.3) is 0 Å². The summed E-state index contributed by atoms with van der Waals surface area (Å²) >= 11 is 0. The third-order valence-electron chi connectivity index (χ3n) is 6.08. The lowest BCUT2D eigenvalue weighted by Gasteiger charge is -2.15. The monoisotopic (exact) mass is 463 g/mol. The van der Waals surface area contributed by atoms with Gasteiger partial charge in [0.2, 0.25) is 0 Å². The number of aromatic nitrogens is 1. The number of phenolic OH excluding ortho intramolecular Hbond substituents is 2. The summed E-state index contributed by atoms with van der Waals surface area (Å²) in [7, 11) is 1.48. The maximum atomic E-state index is 12.7. The molecule has 2 aromatic carbocycles. The first-order valence-corrected chi connectivity index (χ1v) is 11.7.